The predicted octanol–water partition coefficient (Wildman–Crippen LogP) is 1.54. The molecule has 0 aliphatic heterocycles. The second-order valence-electron chi connectivity index (χ2n) is 4.66. The van der Waals surface area contributed by atoms with Crippen molar-refractivity contribution in [2.75, 3.05) is 27.2 Å². The van der Waals surface area contributed by atoms with E-state index in [1.54, 1.807) is 0 Å². The molecule has 0 radical (unpaired) electrons. The number of likely N-dealkylation sites (N-methyl/N-ethyl adjacent to an activating group) is 1. The molecular weight excluding hydrogens is 238 g/mol. The van der Waals surface area contributed by atoms with Crippen LogP contribution in [0.2, 0.25) is 0 Å². The van der Waals surface area contributed by atoms with Gasteiger partial charge in [-0.05, 0) is 38.7 Å². The first-order valence-electron chi connectivity index (χ1n) is 5.93. The molecule has 0 aliphatic rings. The van der Waals surface area contributed by atoms with Crippen molar-refractivity contribution in [1.29, 1.82) is 0 Å². The molecular formula is C13H20F2N2O. The number of aliphatic hydroxyl groups is 1. The molecule has 0 heterocycles. The van der Waals surface area contributed by atoms with E-state index in [0.717, 1.165) is 25.2 Å². The lowest BCUT2D eigenvalue weighted by atomic mass is 10.0. The minimum atomic E-state index is -0.938. The lowest BCUT2D eigenvalue weighted by molar-refractivity contribution is 0.134. The molecule has 5 heteroatoms. The molecule has 2 N–H and O–H groups in total. The molecule has 0 aromatic heterocycles. The first kappa shape index (κ1) is 15.0. The number of benzene rings is 1. The molecule has 2 atom stereocenters. The molecule has 0 fully saturated rings. The van der Waals surface area contributed by atoms with Gasteiger partial charge < -0.3 is 15.3 Å². The number of rotatable bonds is 6. The minimum absolute atomic E-state index is 0.227. The van der Waals surface area contributed by atoms with Crippen molar-refractivity contribution in [3.8, 4) is 0 Å². The zero-order chi connectivity index (χ0) is 13.7. The minimum Gasteiger partial charge on any atom is -0.387 e. The number of hydrogen-bond acceptors (Lipinski definition) is 3. The monoisotopic (exact) mass is 258 g/mol. The Morgan fingerprint density at radius 2 is 1.94 bits per heavy atom. The van der Waals surface area contributed by atoms with E-state index < -0.39 is 17.7 Å². The SMILES string of the molecule is CC(NCCN(C)C)C(O)c1ccc(F)c(F)c1. The summed E-state index contributed by atoms with van der Waals surface area (Å²) in [4.78, 5) is 2.02. The van der Waals surface area contributed by atoms with Gasteiger partial charge in [0.15, 0.2) is 11.6 Å². The van der Waals surface area contributed by atoms with E-state index in [9.17, 15) is 13.9 Å². The average Bonchev–Trinajstić information content (AvgIpc) is 2.31. The highest BCUT2D eigenvalue weighted by Gasteiger charge is 2.17. The third-order valence-corrected chi connectivity index (χ3v) is 2.78. The van der Waals surface area contributed by atoms with Gasteiger partial charge in [0.25, 0.3) is 0 Å². The standard InChI is InChI=1S/C13H20F2N2O/c1-9(16-6-7-17(2)3)13(18)10-4-5-11(14)12(15)8-10/h4-5,8-9,13,16,18H,6-7H2,1-3H3. The van der Waals surface area contributed by atoms with Gasteiger partial charge in [-0.1, -0.05) is 6.07 Å². The molecule has 0 saturated heterocycles. The highest BCUT2D eigenvalue weighted by Crippen LogP contribution is 2.19. The molecule has 0 saturated carbocycles. The molecule has 102 valence electrons. The van der Waals surface area contributed by atoms with Crippen LogP contribution in [0.5, 0.6) is 0 Å². The summed E-state index contributed by atoms with van der Waals surface area (Å²) in [7, 11) is 3.91. The average molecular weight is 258 g/mol. The van der Waals surface area contributed by atoms with E-state index in [4.69, 9.17) is 0 Å². The maximum atomic E-state index is 13.0. The summed E-state index contributed by atoms with van der Waals surface area (Å²) in [6.07, 6.45) is -0.859. The third-order valence-electron chi connectivity index (χ3n) is 2.78. The molecule has 1 aromatic carbocycles. The number of nitrogens with one attached hydrogen (secondary N) is 1. The van der Waals surface area contributed by atoms with Crippen molar-refractivity contribution in [2.45, 2.75) is 19.1 Å². The fraction of sp³-hybridized carbons (Fsp3) is 0.538. The van der Waals surface area contributed by atoms with Crippen molar-refractivity contribution in [3.05, 3.63) is 35.4 Å². The van der Waals surface area contributed by atoms with E-state index >= 15 is 0 Å². The van der Waals surface area contributed by atoms with Crippen LogP contribution in [-0.2, 0) is 0 Å². The van der Waals surface area contributed by atoms with Gasteiger partial charge in [0.2, 0.25) is 0 Å². The van der Waals surface area contributed by atoms with Crippen molar-refractivity contribution in [2.24, 2.45) is 0 Å². The molecule has 1 aromatic rings. The lowest BCUT2D eigenvalue weighted by Crippen LogP contribution is -2.36. The second kappa shape index (κ2) is 6.78. The van der Waals surface area contributed by atoms with Crippen molar-refractivity contribution < 1.29 is 13.9 Å². The van der Waals surface area contributed by atoms with Gasteiger partial charge in [0, 0.05) is 19.1 Å². The first-order chi connectivity index (χ1) is 8.41. The summed E-state index contributed by atoms with van der Waals surface area (Å²) < 4.78 is 25.8. The molecule has 0 aliphatic carbocycles. The fourth-order valence-electron chi connectivity index (χ4n) is 1.61. The summed E-state index contributed by atoms with van der Waals surface area (Å²) in [5.74, 6) is -1.84. The van der Waals surface area contributed by atoms with Crippen molar-refractivity contribution in [3.63, 3.8) is 0 Å². The maximum absolute atomic E-state index is 13.0. The molecule has 18 heavy (non-hydrogen) atoms. The van der Waals surface area contributed by atoms with Crippen LogP contribution in [0.4, 0.5) is 8.78 Å². The van der Waals surface area contributed by atoms with Crippen LogP contribution in [0.25, 0.3) is 0 Å². The summed E-state index contributed by atoms with van der Waals surface area (Å²) in [5, 5.41) is 13.1. The van der Waals surface area contributed by atoms with Gasteiger partial charge in [-0.3, -0.25) is 0 Å². The maximum Gasteiger partial charge on any atom is 0.159 e. The zero-order valence-corrected chi connectivity index (χ0v) is 11.0. The fourth-order valence-corrected chi connectivity index (χ4v) is 1.61. The smallest absolute Gasteiger partial charge is 0.159 e. The van der Waals surface area contributed by atoms with E-state index in [-0.39, 0.29) is 6.04 Å². The van der Waals surface area contributed by atoms with Crippen LogP contribution in [-0.4, -0.2) is 43.2 Å². The normalized spacial score (nSPS) is 14.8. The summed E-state index contributed by atoms with van der Waals surface area (Å²) in [5.41, 5.74) is 0.374. The first-order valence-corrected chi connectivity index (χ1v) is 5.93. The van der Waals surface area contributed by atoms with Gasteiger partial charge in [0.05, 0.1) is 6.10 Å². The largest absolute Gasteiger partial charge is 0.387 e. The van der Waals surface area contributed by atoms with Crippen molar-refractivity contribution >= 4 is 0 Å². The number of nitrogens with zero attached hydrogens (tertiary/aromatic N) is 1. The lowest BCUT2D eigenvalue weighted by Gasteiger charge is -2.21. The summed E-state index contributed by atoms with van der Waals surface area (Å²) >= 11 is 0. The zero-order valence-electron chi connectivity index (χ0n) is 11.0. The molecule has 0 amide bonds. The number of halogens is 2. The van der Waals surface area contributed by atoms with Crippen molar-refractivity contribution in [1.82, 2.24) is 10.2 Å². The third kappa shape index (κ3) is 4.33. The Bertz CT molecular complexity index is 385. The topological polar surface area (TPSA) is 35.5 Å². The molecule has 2 unspecified atom stereocenters. The van der Waals surface area contributed by atoms with Gasteiger partial charge in [0.1, 0.15) is 0 Å². The van der Waals surface area contributed by atoms with Crippen LogP contribution in [0.1, 0.15) is 18.6 Å². The summed E-state index contributed by atoms with van der Waals surface area (Å²) in [6.45, 7) is 3.37. The van der Waals surface area contributed by atoms with Gasteiger partial charge in [-0.25, -0.2) is 8.78 Å². The van der Waals surface area contributed by atoms with Gasteiger partial charge in [-0.15, -0.1) is 0 Å². The van der Waals surface area contributed by atoms with Crippen LogP contribution in [0.15, 0.2) is 18.2 Å². The quantitative estimate of drug-likeness (QED) is 0.812. The number of hydrogen-bond donors (Lipinski definition) is 2. The Morgan fingerprint density at radius 3 is 2.50 bits per heavy atom. The highest BCUT2D eigenvalue weighted by molar-refractivity contribution is 5.21. The van der Waals surface area contributed by atoms with E-state index in [0.29, 0.717) is 5.56 Å². The molecule has 0 spiro atoms. The Labute approximate surface area is 106 Å². The molecule has 0 bridgehead atoms. The second-order valence-corrected chi connectivity index (χ2v) is 4.66. The van der Waals surface area contributed by atoms with Crippen LogP contribution in [0, 0.1) is 11.6 Å². The Morgan fingerprint density at radius 1 is 1.28 bits per heavy atom. The van der Waals surface area contributed by atoms with Gasteiger partial charge in [-0.2, -0.15) is 0 Å². The summed E-state index contributed by atoms with van der Waals surface area (Å²) in [6, 6.07) is 3.23. The number of aliphatic hydroxyl groups excluding tert-OH is 1. The van der Waals surface area contributed by atoms with Crippen LogP contribution >= 0.6 is 0 Å². The Kier molecular flexibility index (Phi) is 5.65. The van der Waals surface area contributed by atoms with Crippen LogP contribution < -0.4 is 5.32 Å². The highest BCUT2D eigenvalue weighted by atomic mass is 19.2. The van der Waals surface area contributed by atoms with E-state index in [1.807, 2.05) is 25.9 Å². The Balaban J connectivity index is 2.56. The molecule has 1 rings (SSSR count). The predicted molar refractivity (Wildman–Crippen MR) is 67.3 cm³/mol. The van der Waals surface area contributed by atoms with Crippen LogP contribution in [0.3, 0.4) is 0 Å². The van der Waals surface area contributed by atoms with Gasteiger partial charge >= 0.3 is 0 Å². The molecule has 3 nitrogen and oxygen atoms in total. The van der Waals surface area contributed by atoms with E-state index in [1.165, 1.54) is 6.07 Å². The van der Waals surface area contributed by atoms with E-state index in [2.05, 4.69) is 5.32 Å². The Hall–Kier alpha value is -1.04.